The number of nitrogens with zero attached hydrogens (tertiary/aromatic N) is 3. The number of benzene rings is 2. The summed E-state index contributed by atoms with van der Waals surface area (Å²) >= 11 is 0. The van der Waals surface area contributed by atoms with Gasteiger partial charge in [0.15, 0.2) is 0 Å². The topological polar surface area (TPSA) is 70.2 Å². The van der Waals surface area contributed by atoms with Gasteiger partial charge in [0.2, 0.25) is 0 Å². The van der Waals surface area contributed by atoms with E-state index >= 15 is 0 Å². The normalized spacial score (nSPS) is 14.8. The smallest absolute Gasteiger partial charge is 0.270 e. The Morgan fingerprint density at radius 3 is 2.62 bits per heavy atom. The third-order valence-corrected chi connectivity index (χ3v) is 4.76. The van der Waals surface area contributed by atoms with E-state index < -0.39 is 4.92 Å². The number of aryl methyl sites for hydroxylation is 1. The average Bonchev–Trinajstić information content (AvgIpc) is 2.67. The molecule has 2 aromatic rings. The van der Waals surface area contributed by atoms with Gasteiger partial charge >= 0.3 is 0 Å². The van der Waals surface area contributed by atoms with Gasteiger partial charge < -0.3 is 4.90 Å². The fourth-order valence-corrected chi connectivity index (χ4v) is 3.29. The molecule has 0 radical (unpaired) electrons. The number of non-ortho nitro benzene ring substituents is 1. The molecule has 0 N–H and O–H groups in total. The number of hydrogen-bond donors (Lipinski definition) is 0. The largest absolute Gasteiger partial charge is 0.372 e. The van der Waals surface area contributed by atoms with Crippen molar-refractivity contribution >= 4 is 23.0 Å². The van der Waals surface area contributed by atoms with Crippen molar-refractivity contribution < 1.29 is 4.92 Å². The molecule has 1 fully saturated rings. The lowest BCUT2D eigenvalue weighted by atomic mass is 10.00. The number of piperidine rings is 1. The van der Waals surface area contributed by atoms with E-state index in [0.29, 0.717) is 11.1 Å². The molecule has 2 aromatic carbocycles. The Bertz CT molecular complexity index is 890. The van der Waals surface area contributed by atoms with Crippen LogP contribution >= 0.6 is 0 Å². The highest BCUT2D eigenvalue weighted by atomic mass is 16.6. The van der Waals surface area contributed by atoms with Gasteiger partial charge in [-0.3, -0.25) is 10.1 Å². The summed E-state index contributed by atoms with van der Waals surface area (Å²) in [6.07, 6.45) is 5.55. The van der Waals surface area contributed by atoms with Gasteiger partial charge in [0.1, 0.15) is 0 Å². The first kappa shape index (κ1) is 17.7. The van der Waals surface area contributed by atoms with Crippen molar-refractivity contribution in [3.05, 3.63) is 69.3 Å². The zero-order valence-electron chi connectivity index (χ0n) is 14.8. The van der Waals surface area contributed by atoms with Crippen LogP contribution in [0.2, 0.25) is 0 Å². The third-order valence-electron chi connectivity index (χ3n) is 4.76. The minimum Gasteiger partial charge on any atom is -0.372 e. The molecule has 1 heterocycles. The van der Waals surface area contributed by atoms with Crippen LogP contribution in [-0.2, 0) is 0 Å². The second-order valence-electron chi connectivity index (χ2n) is 6.57. The first-order valence-corrected chi connectivity index (χ1v) is 8.81. The summed E-state index contributed by atoms with van der Waals surface area (Å²) in [5.74, 6) is 0. The molecule has 5 heteroatoms. The van der Waals surface area contributed by atoms with Gasteiger partial charge in [0, 0.05) is 30.9 Å². The second kappa shape index (κ2) is 7.83. The van der Waals surface area contributed by atoms with Crippen LogP contribution in [0.4, 0.5) is 11.4 Å². The van der Waals surface area contributed by atoms with Crippen molar-refractivity contribution in [2.75, 3.05) is 18.0 Å². The Hall–Kier alpha value is -3.13. The second-order valence-corrected chi connectivity index (χ2v) is 6.57. The van der Waals surface area contributed by atoms with Crippen molar-refractivity contribution in [1.29, 1.82) is 5.26 Å². The maximum atomic E-state index is 11.0. The number of nitro benzene ring substituents is 1. The molecule has 0 spiro atoms. The number of rotatable bonds is 4. The monoisotopic (exact) mass is 347 g/mol. The zero-order chi connectivity index (χ0) is 18.5. The quantitative estimate of drug-likeness (QED) is 0.339. The number of nitriles is 1. The third kappa shape index (κ3) is 3.92. The summed E-state index contributed by atoms with van der Waals surface area (Å²) in [6, 6.07) is 14.6. The summed E-state index contributed by atoms with van der Waals surface area (Å²) in [6.45, 7) is 4.21. The lowest BCUT2D eigenvalue weighted by molar-refractivity contribution is -0.384. The molecule has 0 atom stereocenters. The first-order valence-electron chi connectivity index (χ1n) is 8.81. The highest BCUT2D eigenvalue weighted by molar-refractivity contribution is 5.90. The summed E-state index contributed by atoms with van der Waals surface area (Å²) in [7, 11) is 0. The summed E-state index contributed by atoms with van der Waals surface area (Å²) in [4.78, 5) is 12.9. The van der Waals surface area contributed by atoms with Crippen LogP contribution in [0.5, 0.6) is 0 Å². The lowest BCUT2D eigenvalue weighted by Gasteiger charge is -2.29. The van der Waals surface area contributed by atoms with E-state index in [9.17, 15) is 15.4 Å². The minimum atomic E-state index is -0.447. The number of anilines is 1. The predicted molar refractivity (Wildman–Crippen MR) is 104 cm³/mol. The summed E-state index contributed by atoms with van der Waals surface area (Å²) in [5.41, 5.74) is 4.22. The molecule has 0 bridgehead atoms. The van der Waals surface area contributed by atoms with E-state index in [2.05, 4.69) is 23.1 Å². The number of allylic oxidation sites excluding steroid dienone is 1. The van der Waals surface area contributed by atoms with Crippen LogP contribution in [0.15, 0.2) is 42.5 Å². The van der Waals surface area contributed by atoms with E-state index in [1.54, 1.807) is 18.2 Å². The van der Waals surface area contributed by atoms with Crippen molar-refractivity contribution in [3.63, 3.8) is 0 Å². The molecular weight excluding hydrogens is 326 g/mol. The van der Waals surface area contributed by atoms with E-state index in [1.165, 1.54) is 37.1 Å². The minimum absolute atomic E-state index is 0.0131. The molecule has 26 heavy (non-hydrogen) atoms. The van der Waals surface area contributed by atoms with Crippen molar-refractivity contribution in [1.82, 2.24) is 0 Å². The molecule has 0 aliphatic carbocycles. The lowest BCUT2D eigenvalue weighted by Crippen LogP contribution is -2.29. The molecule has 0 saturated carbocycles. The maximum absolute atomic E-state index is 11.0. The van der Waals surface area contributed by atoms with Crippen molar-refractivity contribution in [3.8, 4) is 6.07 Å². The van der Waals surface area contributed by atoms with Crippen LogP contribution in [0.1, 0.15) is 36.0 Å². The van der Waals surface area contributed by atoms with Crippen LogP contribution in [0.25, 0.3) is 11.6 Å². The van der Waals surface area contributed by atoms with Gasteiger partial charge in [-0.15, -0.1) is 0 Å². The molecule has 0 unspecified atom stereocenters. The van der Waals surface area contributed by atoms with Gasteiger partial charge in [-0.1, -0.05) is 18.2 Å². The number of nitro groups is 1. The molecule has 0 amide bonds. The predicted octanol–water partition coefficient (Wildman–Crippen LogP) is 4.96. The fraction of sp³-hybridized carbons (Fsp3) is 0.286. The fourth-order valence-electron chi connectivity index (χ4n) is 3.29. The molecule has 1 saturated heterocycles. The average molecular weight is 347 g/mol. The van der Waals surface area contributed by atoms with Crippen LogP contribution in [0, 0.1) is 28.4 Å². The Morgan fingerprint density at radius 1 is 1.19 bits per heavy atom. The highest BCUT2D eigenvalue weighted by Gasteiger charge is 2.12. The first-order chi connectivity index (χ1) is 12.6. The van der Waals surface area contributed by atoms with Gasteiger partial charge in [0.05, 0.1) is 16.6 Å². The molecular formula is C21H21N3O2. The molecule has 3 rings (SSSR count). The Balaban J connectivity index is 1.91. The molecule has 0 aromatic heterocycles. The van der Waals surface area contributed by atoms with Gasteiger partial charge in [-0.2, -0.15) is 5.26 Å². The molecule has 1 aliphatic rings. The van der Waals surface area contributed by atoms with E-state index in [0.717, 1.165) is 24.2 Å². The molecule has 1 aliphatic heterocycles. The summed E-state index contributed by atoms with van der Waals surface area (Å²) < 4.78 is 0. The van der Waals surface area contributed by atoms with Crippen molar-refractivity contribution in [2.45, 2.75) is 26.2 Å². The Labute approximate surface area is 153 Å². The molecule has 5 nitrogen and oxygen atoms in total. The highest BCUT2D eigenvalue weighted by Crippen LogP contribution is 2.26. The zero-order valence-corrected chi connectivity index (χ0v) is 14.8. The van der Waals surface area contributed by atoms with Crippen molar-refractivity contribution in [2.24, 2.45) is 0 Å². The van der Waals surface area contributed by atoms with Crippen LogP contribution in [0.3, 0.4) is 0 Å². The Kier molecular flexibility index (Phi) is 5.33. The van der Waals surface area contributed by atoms with Gasteiger partial charge in [0.25, 0.3) is 5.69 Å². The Morgan fingerprint density at radius 2 is 1.96 bits per heavy atom. The standard InChI is InChI=1S/C21H21N3O2/c1-16-12-20(23-10-3-2-4-11-23)9-8-17(16)13-19(15-22)18-6-5-7-21(14-18)24(25)26/h5-9,12-14H,2-4,10-11H2,1H3. The van der Waals surface area contributed by atoms with Gasteiger partial charge in [-0.25, -0.2) is 0 Å². The van der Waals surface area contributed by atoms with Gasteiger partial charge in [-0.05, 0) is 61.1 Å². The van der Waals surface area contributed by atoms with E-state index in [1.807, 2.05) is 13.0 Å². The summed E-state index contributed by atoms with van der Waals surface area (Å²) in [5, 5.41) is 20.5. The maximum Gasteiger partial charge on any atom is 0.270 e. The van der Waals surface area contributed by atoms with Crippen LogP contribution < -0.4 is 4.90 Å². The number of hydrogen-bond acceptors (Lipinski definition) is 4. The van der Waals surface area contributed by atoms with Crippen LogP contribution in [-0.4, -0.2) is 18.0 Å². The SMILES string of the molecule is Cc1cc(N2CCCCC2)ccc1C=C(C#N)c1cccc([N+](=O)[O-])c1. The van der Waals surface area contributed by atoms with E-state index in [-0.39, 0.29) is 5.69 Å². The molecule has 132 valence electrons. The van der Waals surface area contributed by atoms with E-state index in [4.69, 9.17) is 0 Å².